The van der Waals surface area contributed by atoms with E-state index in [0.717, 1.165) is 17.4 Å². The molecule has 1 atom stereocenters. The van der Waals surface area contributed by atoms with Gasteiger partial charge < -0.3 is 5.32 Å². The molecule has 0 spiro atoms. The number of nitrogens with zero attached hydrogens (tertiary/aromatic N) is 2. The van der Waals surface area contributed by atoms with Gasteiger partial charge in [0.25, 0.3) is 0 Å². The van der Waals surface area contributed by atoms with E-state index in [-0.39, 0.29) is 6.04 Å². The Hall–Kier alpha value is -1.91. The maximum Gasteiger partial charge on any atom is 0.131 e. The summed E-state index contributed by atoms with van der Waals surface area (Å²) in [6.07, 6.45) is 1.83. The quantitative estimate of drug-likeness (QED) is 0.908. The van der Waals surface area contributed by atoms with E-state index < -0.39 is 11.6 Å². The van der Waals surface area contributed by atoms with Gasteiger partial charge in [-0.3, -0.25) is 4.68 Å². The van der Waals surface area contributed by atoms with Gasteiger partial charge in [-0.05, 0) is 19.9 Å². The second-order valence-corrected chi connectivity index (χ2v) is 4.33. The van der Waals surface area contributed by atoms with E-state index in [1.54, 1.807) is 4.68 Å². The van der Waals surface area contributed by atoms with Gasteiger partial charge >= 0.3 is 0 Å². The first kappa shape index (κ1) is 12.5. The SMILES string of the molecule is Cc1nn(C)cc1NC(C)c1ccc(F)cc1F. The lowest BCUT2D eigenvalue weighted by Crippen LogP contribution is -2.09. The van der Waals surface area contributed by atoms with Crippen molar-refractivity contribution in [3.05, 3.63) is 47.3 Å². The van der Waals surface area contributed by atoms with Crippen molar-refractivity contribution in [1.82, 2.24) is 9.78 Å². The summed E-state index contributed by atoms with van der Waals surface area (Å²) >= 11 is 0. The van der Waals surface area contributed by atoms with E-state index >= 15 is 0 Å². The van der Waals surface area contributed by atoms with Gasteiger partial charge in [0, 0.05) is 24.9 Å². The molecule has 18 heavy (non-hydrogen) atoms. The van der Waals surface area contributed by atoms with Crippen LogP contribution in [0.15, 0.2) is 24.4 Å². The summed E-state index contributed by atoms with van der Waals surface area (Å²) in [5.41, 5.74) is 2.11. The highest BCUT2D eigenvalue weighted by Gasteiger charge is 2.13. The number of halogens is 2. The van der Waals surface area contributed by atoms with Gasteiger partial charge in [0.2, 0.25) is 0 Å². The number of hydrogen-bond donors (Lipinski definition) is 1. The first-order valence-corrected chi connectivity index (χ1v) is 5.69. The van der Waals surface area contributed by atoms with Crippen LogP contribution in [0.5, 0.6) is 0 Å². The summed E-state index contributed by atoms with van der Waals surface area (Å²) in [5.74, 6) is -1.11. The second-order valence-electron chi connectivity index (χ2n) is 4.33. The average Bonchev–Trinajstić information content (AvgIpc) is 2.57. The molecule has 0 amide bonds. The normalized spacial score (nSPS) is 12.5. The molecule has 1 aromatic heterocycles. The van der Waals surface area contributed by atoms with Crippen LogP contribution in [0.2, 0.25) is 0 Å². The van der Waals surface area contributed by atoms with Crippen LogP contribution in [0.4, 0.5) is 14.5 Å². The third-order valence-electron chi connectivity index (χ3n) is 2.81. The van der Waals surface area contributed by atoms with Crippen molar-refractivity contribution in [1.29, 1.82) is 0 Å². The van der Waals surface area contributed by atoms with Crippen LogP contribution in [-0.2, 0) is 7.05 Å². The zero-order valence-corrected chi connectivity index (χ0v) is 10.5. The monoisotopic (exact) mass is 251 g/mol. The van der Waals surface area contributed by atoms with Crippen LogP contribution >= 0.6 is 0 Å². The molecule has 0 bridgehead atoms. The first-order chi connectivity index (χ1) is 8.47. The molecule has 1 aromatic carbocycles. The Kier molecular flexibility index (Phi) is 3.32. The molecule has 0 aliphatic rings. The van der Waals surface area contributed by atoms with Crippen molar-refractivity contribution in [2.75, 3.05) is 5.32 Å². The molecule has 0 radical (unpaired) electrons. The van der Waals surface area contributed by atoms with E-state index in [0.29, 0.717) is 5.56 Å². The highest BCUT2D eigenvalue weighted by molar-refractivity contribution is 5.47. The van der Waals surface area contributed by atoms with Crippen LogP contribution in [0.3, 0.4) is 0 Å². The lowest BCUT2D eigenvalue weighted by molar-refractivity contribution is 0.566. The Labute approximate surface area is 104 Å². The minimum Gasteiger partial charge on any atom is -0.376 e. The first-order valence-electron chi connectivity index (χ1n) is 5.69. The molecule has 3 nitrogen and oxygen atoms in total. The number of aromatic nitrogens is 2. The van der Waals surface area contributed by atoms with Gasteiger partial charge in [-0.25, -0.2) is 8.78 Å². The molecule has 2 aromatic rings. The Morgan fingerprint density at radius 3 is 2.61 bits per heavy atom. The van der Waals surface area contributed by atoms with E-state index in [4.69, 9.17) is 0 Å². The number of rotatable bonds is 3. The Morgan fingerprint density at radius 1 is 1.33 bits per heavy atom. The predicted octanol–water partition coefficient (Wildman–Crippen LogP) is 3.18. The number of aryl methyl sites for hydroxylation is 2. The highest BCUT2D eigenvalue weighted by Crippen LogP contribution is 2.23. The molecular formula is C13H15F2N3. The van der Waals surface area contributed by atoms with Crippen LogP contribution in [0.1, 0.15) is 24.2 Å². The fourth-order valence-electron chi connectivity index (χ4n) is 1.90. The molecule has 0 aliphatic heterocycles. The fraction of sp³-hybridized carbons (Fsp3) is 0.308. The molecule has 0 fully saturated rings. The summed E-state index contributed by atoms with van der Waals surface area (Å²) < 4.78 is 28.1. The zero-order chi connectivity index (χ0) is 13.3. The van der Waals surface area contributed by atoms with Crippen LogP contribution in [-0.4, -0.2) is 9.78 Å². The van der Waals surface area contributed by atoms with Crippen molar-refractivity contribution < 1.29 is 8.78 Å². The number of benzene rings is 1. The fourth-order valence-corrected chi connectivity index (χ4v) is 1.90. The number of nitrogens with one attached hydrogen (secondary N) is 1. The maximum absolute atomic E-state index is 13.6. The lowest BCUT2D eigenvalue weighted by Gasteiger charge is -2.15. The standard InChI is InChI=1S/C13H15F2N3/c1-8(11-5-4-10(14)6-12(11)15)16-13-7-18(3)17-9(13)2/h4-8,16H,1-3H3. The van der Waals surface area contributed by atoms with Crippen LogP contribution < -0.4 is 5.32 Å². The Morgan fingerprint density at radius 2 is 2.06 bits per heavy atom. The van der Waals surface area contributed by atoms with Crippen molar-refractivity contribution in [3.63, 3.8) is 0 Å². The van der Waals surface area contributed by atoms with Gasteiger partial charge in [-0.1, -0.05) is 6.07 Å². The van der Waals surface area contributed by atoms with E-state index in [1.807, 2.05) is 27.1 Å². The smallest absolute Gasteiger partial charge is 0.131 e. The van der Waals surface area contributed by atoms with Crippen molar-refractivity contribution >= 4 is 5.69 Å². The minimum absolute atomic E-state index is 0.256. The van der Waals surface area contributed by atoms with E-state index in [2.05, 4.69) is 10.4 Å². The van der Waals surface area contributed by atoms with Crippen LogP contribution in [0, 0.1) is 18.6 Å². The van der Waals surface area contributed by atoms with E-state index in [1.165, 1.54) is 12.1 Å². The third-order valence-corrected chi connectivity index (χ3v) is 2.81. The molecule has 2 rings (SSSR count). The molecule has 96 valence electrons. The molecule has 5 heteroatoms. The van der Waals surface area contributed by atoms with Gasteiger partial charge in [-0.15, -0.1) is 0 Å². The molecule has 1 heterocycles. The lowest BCUT2D eigenvalue weighted by atomic mass is 10.1. The second kappa shape index (κ2) is 4.76. The molecule has 0 aliphatic carbocycles. The summed E-state index contributed by atoms with van der Waals surface area (Å²) in [7, 11) is 1.82. The maximum atomic E-state index is 13.6. The summed E-state index contributed by atoms with van der Waals surface area (Å²) in [6.45, 7) is 3.69. The largest absolute Gasteiger partial charge is 0.376 e. The van der Waals surface area contributed by atoms with Gasteiger partial charge in [0.15, 0.2) is 0 Å². The highest BCUT2D eigenvalue weighted by atomic mass is 19.1. The average molecular weight is 251 g/mol. The summed E-state index contributed by atoms with van der Waals surface area (Å²) in [6, 6.07) is 3.35. The van der Waals surface area contributed by atoms with Crippen molar-refractivity contribution in [2.45, 2.75) is 19.9 Å². The summed E-state index contributed by atoms with van der Waals surface area (Å²) in [5, 5.41) is 7.36. The van der Waals surface area contributed by atoms with Crippen molar-refractivity contribution in [3.8, 4) is 0 Å². The zero-order valence-electron chi connectivity index (χ0n) is 10.5. The predicted molar refractivity (Wildman–Crippen MR) is 66.3 cm³/mol. The van der Waals surface area contributed by atoms with Gasteiger partial charge in [0.05, 0.1) is 17.4 Å². The van der Waals surface area contributed by atoms with Gasteiger partial charge in [0.1, 0.15) is 11.6 Å². The number of hydrogen-bond acceptors (Lipinski definition) is 2. The van der Waals surface area contributed by atoms with Gasteiger partial charge in [-0.2, -0.15) is 5.10 Å². The molecule has 1 N–H and O–H groups in total. The molecule has 0 saturated carbocycles. The van der Waals surface area contributed by atoms with Crippen molar-refractivity contribution in [2.24, 2.45) is 7.05 Å². The third kappa shape index (κ3) is 2.50. The summed E-state index contributed by atoms with van der Waals surface area (Å²) in [4.78, 5) is 0. The van der Waals surface area contributed by atoms with Crippen LogP contribution in [0.25, 0.3) is 0 Å². The molecule has 0 saturated heterocycles. The molecule has 1 unspecified atom stereocenters. The molecular weight excluding hydrogens is 236 g/mol. The minimum atomic E-state index is -0.569. The number of anilines is 1. The van der Waals surface area contributed by atoms with E-state index in [9.17, 15) is 8.78 Å². The Balaban J connectivity index is 2.21. The topological polar surface area (TPSA) is 29.9 Å². The Bertz CT molecular complexity index is 563.